The summed E-state index contributed by atoms with van der Waals surface area (Å²) in [5.74, 6) is -0.287. The van der Waals surface area contributed by atoms with Crippen LogP contribution in [0.3, 0.4) is 0 Å². The number of nitrogens with one attached hydrogen (secondary N) is 1. The van der Waals surface area contributed by atoms with Gasteiger partial charge in [-0.05, 0) is 64.2 Å². The van der Waals surface area contributed by atoms with Gasteiger partial charge in [0.2, 0.25) is 5.91 Å². The molecule has 0 rings (SSSR count). The number of phosphoric acid groups is 1. The number of aliphatic hydroxyl groups excluding tert-OH is 2. The van der Waals surface area contributed by atoms with Crippen LogP contribution in [0.1, 0.15) is 239 Å². The van der Waals surface area contributed by atoms with Gasteiger partial charge < -0.3 is 34.0 Å². The molecule has 4 atom stereocenters. The van der Waals surface area contributed by atoms with Crippen LogP contribution < -0.4 is 10.2 Å². The van der Waals surface area contributed by atoms with Crippen molar-refractivity contribution < 1.29 is 38.0 Å². The Morgan fingerprint density at radius 3 is 1.33 bits per heavy atom. The molecular weight excluding hydrogens is 784 g/mol. The zero-order valence-corrected chi connectivity index (χ0v) is 41.6. The van der Waals surface area contributed by atoms with Gasteiger partial charge in [-0.1, -0.05) is 192 Å². The fourth-order valence-corrected chi connectivity index (χ4v) is 8.33. The number of likely N-dealkylation sites (N-methyl/N-ethyl adjacent to an activating group) is 1. The van der Waals surface area contributed by atoms with E-state index in [0.717, 1.165) is 32.1 Å². The minimum Gasteiger partial charge on any atom is -0.756 e. The van der Waals surface area contributed by atoms with Crippen molar-refractivity contribution in [2.75, 3.05) is 40.9 Å². The SMILES string of the molecule is CCCCCCCCC/C=C/CCCC(O)C(O)C(COP(=O)([O-])OCC[N+](C)(C)C)NC(=O)CCCCCCCCCCCCCCC/C=C\CCCCCCCCCC. The number of aliphatic hydroxyl groups is 2. The Bertz CT molecular complexity index is 1070. The molecule has 0 radical (unpaired) electrons. The monoisotopic (exact) mass is 885 g/mol. The highest BCUT2D eigenvalue weighted by Gasteiger charge is 2.29. The number of nitrogens with zero attached hydrogens (tertiary/aromatic N) is 1. The molecule has 1 amide bonds. The van der Waals surface area contributed by atoms with Crippen LogP contribution in [0.15, 0.2) is 24.3 Å². The molecule has 61 heavy (non-hydrogen) atoms. The molecule has 0 saturated heterocycles. The highest BCUT2D eigenvalue weighted by molar-refractivity contribution is 7.45. The third kappa shape index (κ3) is 43.9. The summed E-state index contributed by atoms with van der Waals surface area (Å²) in [6.45, 7) is 4.42. The minimum atomic E-state index is -4.67. The Kier molecular flexibility index (Phi) is 42.1. The summed E-state index contributed by atoms with van der Waals surface area (Å²) in [5, 5.41) is 24.6. The highest BCUT2D eigenvalue weighted by Crippen LogP contribution is 2.38. The van der Waals surface area contributed by atoms with E-state index in [2.05, 4.69) is 43.5 Å². The number of amides is 1. The Morgan fingerprint density at radius 2 is 0.934 bits per heavy atom. The second kappa shape index (κ2) is 42.9. The maximum Gasteiger partial charge on any atom is 0.268 e. The van der Waals surface area contributed by atoms with E-state index in [1.165, 1.54) is 167 Å². The van der Waals surface area contributed by atoms with Gasteiger partial charge in [0.1, 0.15) is 19.3 Å². The molecule has 3 N–H and O–H groups in total. The summed E-state index contributed by atoms with van der Waals surface area (Å²) in [6.07, 6.45) is 48.1. The second-order valence-corrected chi connectivity index (χ2v) is 20.4. The van der Waals surface area contributed by atoms with Gasteiger partial charge in [-0.25, -0.2) is 0 Å². The van der Waals surface area contributed by atoms with Crippen LogP contribution in [0, 0.1) is 0 Å². The number of phosphoric ester groups is 1. The van der Waals surface area contributed by atoms with Crippen LogP contribution in [0.5, 0.6) is 0 Å². The smallest absolute Gasteiger partial charge is 0.268 e. The lowest BCUT2D eigenvalue weighted by Crippen LogP contribution is -2.51. The Hall–Kier alpha value is -1.06. The highest BCUT2D eigenvalue weighted by atomic mass is 31.2. The third-order valence-electron chi connectivity index (χ3n) is 11.8. The van der Waals surface area contributed by atoms with E-state index in [0.29, 0.717) is 30.3 Å². The van der Waals surface area contributed by atoms with Crippen molar-refractivity contribution >= 4 is 13.7 Å². The molecule has 0 aliphatic carbocycles. The van der Waals surface area contributed by atoms with E-state index < -0.39 is 32.7 Å². The number of rotatable bonds is 47. The molecule has 0 bridgehead atoms. The zero-order valence-electron chi connectivity index (χ0n) is 40.7. The zero-order chi connectivity index (χ0) is 45.1. The molecule has 0 aromatic rings. The molecule has 9 nitrogen and oxygen atoms in total. The van der Waals surface area contributed by atoms with Gasteiger partial charge >= 0.3 is 0 Å². The fourth-order valence-electron chi connectivity index (χ4n) is 7.60. The van der Waals surface area contributed by atoms with Crippen LogP contribution in [0.2, 0.25) is 0 Å². The number of carbonyl (C=O) groups is 1. The van der Waals surface area contributed by atoms with Crippen molar-refractivity contribution in [3.8, 4) is 0 Å². The number of hydrogen-bond acceptors (Lipinski definition) is 7. The first-order valence-corrected chi connectivity index (χ1v) is 27.2. The van der Waals surface area contributed by atoms with Gasteiger partial charge in [-0.15, -0.1) is 0 Å². The fraction of sp³-hybridized carbons (Fsp3) is 0.902. The first kappa shape index (κ1) is 59.9. The molecule has 0 aromatic heterocycles. The Morgan fingerprint density at radius 1 is 0.574 bits per heavy atom. The Labute approximate surface area is 377 Å². The quantitative estimate of drug-likeness (QED) is 0.0240. The van der Waals surface area contributed by atoms with Gasteiger partial charge in [0.05, 0.1) is 39.9 Å². The molecule has 362 valence electrons. The first-order valence-electron chi connectivity index (χ1n) is 25.8. The number of carbonyl (C=O) groups excluding carboxylic acids is 1. The maximum absolute atomic E-state index is 12.9. The second-order valence-electron chi connectivity index (χ2n) is 19.0. The third-order valence-corrected chi connectivity index (χ3v) is 12.7. The molecule has 4 unspecified atom stereocenters. The van der Waals surface area contributed by atoms with E-state index in [1.54, 1.807) is 0 Å². The standard InChI is InChI=1S/C51H101N2O7P/c1-6-8-10-12-14-16-18-20-21-22-23-24-25-26-27-28-29-30-31-32-34-36-38-40-42-44-50(55)52-48(47-60-61(57,58)59-46-45-53(3,4)5)51(56)49(54)43-41-39-37-35-33-19-17-15-13-11-9-7-2/h22-23,35,37,48-49,51,54,56H,6-21,24-34,36,38-47H2,1-5H3,(H-,52,55,57,58)/b23-22-,37-35+. The van der Waals surface area contributed by atoms with E-state index in [1.807, 2.05) is 21.1 Å². The van der Waals surface area contributed by atoms with E-state index in [4.69, 9.17) is 9.05 Å². The van der Waals surface area contributed by atoms with Crippen molar-refractivity contribution in [1.82, 2.24) is 5.32 Å². The van der Waals surface area contributed by atoms with Gasteiger partial charge in [-0.2, -0.15) is 0 Å². The molecule has 0 fully saturated rings. The average Bonchev–Trinajstić information content (AvgIpc) is 3.21. The van der Waals surface area contributed by atoms with Gasteiger partial charge in [0, 0.05) is 6.42 Å². The predicted molar refractivity (Wildman–Crippen MR) is 258 cm³/mol. The minimum absolute atomic E-state index is 0.0448. The largest absolute Gasteiger partial charge is 0.756 e. The van der Waals surface area contributed by atoms with Crippen molar-refractivity contribution in [2.45, 2.75) is 257 Å². The van der Waals surface area contributed by atoms with Crippen molar-refractivity contribution in [2.24, 2.45) is 0 Å². The maximum atomic E-state index is 12.9. The molecule has 0 heterocycles. The van der Waals surface area contributed by atoms with Crippen molar-refractivity contribution in [1.29, 1.82) is 0 Å². The summed E-state index contributed by atoms with van der Waals surface area (Å²) in [5.41, 5.74) is 0. The normalized spacial score (nSPS) is 14.8. The lowest BCUT2D eigenvalue weighted by molar-refractivity contribution is -0.870. The lowest BCUT2D eigenvalue weighted by atomic mass is 10.0. The van der Waals surface area contributed by atoms with Crippen LogP contribution >= 0.6 is 7.82 Å². The van der Waals surface area contributed by atoms with Crippen LogP contribution in [0.4, 0.5) is 0 Å². The van der Waals surface area contributed by atoms with Crippen molar-refractivity contribution in [3.63, 3.8) is 0 Å². The van der Waals surface area contributed by atoms with Crippen LogP contribution in [-0.2, 0) is 18.4 Å². The molecule has 0 aliphatic heterocycles. The molecule has 10 heteroatoms. The van der Waals surface area contributed by atoms with Crippen LogP contribution in [0.25, 0.3) is 0 Å². The number of hydrogen-bond donors (Lipinski definition) is 3. The molecule has 0 aromatic carbocycles. The number of allylic oxidation sites excluding steroid dienone is 4. The van der Waals surface area contributed by atoms with E-state index in [-0.39, 0.29) is 18.9 Å². The molecule has 0 aliphatic rings. The topological polar surface area (TPSA) is 128 Å². The van der Waals surface area contributed by atoms with E-state index in [9.17, 15) is 24.5 Å². The summed E-state index contributed by atoms with van der Waals surface area (Å²) in [6, 6.07) is -1.09. The summed E-state index contributed by atoms with van der Waals surface area (Å²) in [7, 11) is 1.11. The van der Waals surface area contributed by atoms with Gasteiger partial charge in [0.15, 0.2) is 0 Å². The summed E-state index contributed by atoms with van der Waals surface area (Å²) in [4.78, 5) is 25.4. The average molecular weight is 885 g/mol. The van der Waals surface area contributed by atoms with Crippen LogP contribution in [-0.4, -0.2) is 79.8 Å². The first-order chi connectivity index (χ1) is 29.4. The van der Waals surface area contributed by atoms with Crippen molar-refractivity contribution in [3.05, 3.63) is 24.3 Å². The lowest BCUT2D eigenvalue weighted by Gasteiger charge is -2.31. The summed E-state index contributed by atoms with van der Waals surface area (Å²) >= 11 is 0. The number of quaternary nitrogens is 1. The van der Waals surface area contributed by atoms with E-state index >= 15 is 0 Å². The van der Waals surface area contributed by atoms with Gasteiger partial charge in [0.25, 0.3) is 7.82 Å². The summed E-state index contributed by atoms with van der Waals surface area (Å²) < 4.78 is 23.2. The Balaban J connectivity index is 4.27. The molecule has 0 spiro atoms. The molecular formula is C51H101N2O7P. The molecule has 0 saturated carbocycles. The van der Waals surface area contributed by atoms with Gasteiger partial charge in [-0.3, -0.25) is 9.36 Å². The number of unbranched alkanes of at least 4 members (excludes halogenated alkanes) is 29. The predicted octanol–water partition coefficient (Wildman–Crippen LogP) is 13.2.